The lowest BCUT2D eigenvalue weighted by Crippen LogP contribution is -2.29. The van der Waals surface area contributed by atoms with Gasteiger partial charge in [-0.05, 0) is 54.6 Å². The molecule has 0 N–H and O–H groups in total. The highest BCUT2D eigenvalue weighted by molar-refractivity contribution is 9.10. The van der Waals surface area contributed by atoms with Crippen molar-refractivity contribution in [2.24, 2.45) is 0 Å². The molecule has 0 atom stereocenters. The van der Waals surface area contributed by atoms with E-state index in [-0.39, 0.29) is 22.5 Å². The monoisotopic (exact) mass is 553 g/mol. The summed E-state index contributed by atoms with van der Waals surface area (Å²) >= 11 is 3.30. The number of Topliss-reactive ketones (excluding diaryl/α,β-unsaturated/α-hetero) is 1. The van der Waals surface area contributed by atoms with Crippen LogP contribution in [0.1, 0.15) is 41.4 Å². The molecule has 5 aromatic rings. The summed E-state index contributed by atoms with van der Waals surface area (Å²) in [5, 5.41) is 1.66. The molecule has 6 rings (SSSR count). The first-order valence-corrected chi connectivity index (χ1v) is 12.1. The Bertz CT molecular complexity index is 1770. The minimum absolute atomic E-state index is 0.0710. The second kappa shape index (κ2) is 8.83. The minimum atomic E-state index is -0.766. The molecule has 180 valence electrons. The summed E-state index contributed by atoms with van der Waals surface area (Å²) in [7, 11) is 0. The zero-order chi connectivity index (χ0) is 25.7. The lowest BCUT2D eigenvalue weighted by Gasteiger charge is -2.13. The van der Waals surface area contributed by atoms with Gasteiger partial charge in [-0.3, -0.25) is 14.4 Å². The van der Waals surface area contributed by atoms with Crippen molar-refractivity contribution < 1.29 is 28.3 Å². The van der Waals surface area contributed by atoms with Crippen molar-refractivity contribution >= 4 is 67.1 Å². The lowest BCUT2D eigenvalue weighted by atomic mass is 10.1. The van der Waals surface area contributed by atoms with Gasteiger partial charge in [0.2, 0.25) is 0 Å². The number of nitrogens with zero attached hydrogens (tertiary/aromatic N) is 1. The third-order valence-electron chi connectivity index (χ3n) is 6.24. The number of benzene rings is 4. The summed E-state index contributed by atoms with van der Waals surface area (Å²) in [5.41, 5.74) is 2.50. The topological polar surface area (TPSA) is 93.9 Å². The molecule has 0 radical (unpaired) electrons. The van der Waals surface area contributed by atoms with E-state index in [2.05, 4.69) is 15.9 Å². The number of ether oxygens (including phenoxy) is 1. The van der Waals surface area contributed by atoms with Crippen LogP contribution >= 0.6 is 15.9 Å². The molecule has 7 nitrogen and oxygen atoms in total. The first-order valence-electron chi connectivity index (χ1n) is 11.3. The average Bonchev–Trinajstić information content (AvgIpc) is 3.41. The Morgan fingerprint density at radius 1 is 0.757 bits per heavy atom. The molecule has 1 aromatic heterocycles. The molecule has 2 heterocycles. The van der Waals surface area contributed by atoms with Gasteiger partial charge in [0, 0.05) is 20.8 Å². The van der Waals surface area contributed by atoms with Gasteiger partial charge in [-0.25, -0.2) is 9.69 Å². The van der Waals surface area contributed by atoms with E-state index >= 15 is 0 Å². The van der Waals surface area contributed by atoms with Crippen LogP contribution < -0.4 is 4.90 Å². The molecule has 1 aliphatic rings. The molecule has 0 saturated heterocycles. The van der Waals surface area contributed by atoms with Crippen molar-refractivity contribution in [2.75, 3.05) is 11.5 Å². The second-order valence-corrected chi connectivity index (χ2v) is 9.41. The first-order chi connectivity index (χ1) is 17.9. The maximum absolute atomic E-state index is 13.3. The second-order valence-electron chi connectivity index (χ2n) is 8.49. The number of carbonyl (C=O) groups is 4. The van der Waals surface area contributed by atoms with Gasteiger partial charge in [0.1, 0.15) is 11.2 Å². The van der Waals surface area contributed by atoms with Crippen LogP contribution in [-0.2, 0) is 4.74 Å². The van der Waals surface area contributed by atoms with Gasteiger partial charge in [-0.15, -0.1) is 0 Å². The summed E-state index contributed by atoms with van der Waals surface area (Å²) < 4.78 is 11.8. The van der Waals surface area contributed by atoms with Crippen LogP contribution in [0.4, 0.5) is 5.69 Å². The molecule has 0 aliphatic carbocycles. The van der Waals surface area contributed by atoms with Gasteiger partial charge in [-0.2, -0.15) is 0 Å². The van der Waals surface area contributed by atoms with Crippen LogP contribution in [0, 0.1) is 0 Å². The van der Waals surface area contributed by atoms with E-state index in [1.807, 2.05) is 24.3 Å². The van der Waals surface area contributed by atoms with Crippen LogP contribution in [0.3, 0.4) is 0 Å². The van der Waals surface area contributed by atoms with Crippen LogP contribution in [0.25, 0.3) is 21.9 Å². The number of esters is 1. The molecule has 4 aromatic carbocycles. The van der Waals surface area contributed by atoms with Crippen LogP contribution in [0.5, 0.6) is 0 Å². The van der Waals surface area contributed by atoms with Gasteiger partial charge in [-0.1, -0.05) is 46.3 Å². The third kappa shape index (κ3) is 3.91. The van der Waals surface area contributed by atoms with Crippen molar-refractivity contribution in [2.45, 2.75) is 0 Å². The number of fused-ring (bicyclic) bond motifs is 4. The predicted molar refractivity (Wildman–Crippen MR) is 140 cm³/mol. The normalized spacial score (nSPS) is 12.8. The Morgan fingerprint density at radius 2 is 1.46 bits per heavy atom. The quantitative estimate of drug-likeness (QED) is 0.146. The number of anilines is 1. The molecule has 0 saturated carbocycles. The van der Waals surface area contributed by atoms with Crippen molar-refractivity contribution in [3.63, 3.8) is 0 Å². The highest BCUT2D eigenvalue weighted by Crippen LogP contribution is 2.35. The molecule has 8 heteroatoms. The number of halogens is 1. The van der Waals surface area contributed by atoms with Crippen LogP contribution in [0.15, 0.2) is 93.8 Å². The van der Waals surface area contributed by atoms with E-state index in [4.69, 9.17) is 9.15 Å². The third-order valence-corrected chi connectivity index (χ3v) is 6.77. The standard InChI is InChI=1S/C29H16BrNO6/c30-18-8-5-16(6-9-18)24(32)15-36-29(35)17-7-11-21-23(13-17)28(34)31(27(21)33)19-10-12-26-22(14-19)20-3-1-2-4-25(20)37-26/h1-14H,15H2. The minimum Gasteiger partial charge on any atom is -0.456 e. The van der Waals surface area contributed by atoms with Gasteiger partial charge >= 0.3 is 5.97 Å². The molecular weight excluding hydrogens is 538 g/mol. The molecule has 0 fully saturated rings. The Balaban J connectivity index is 1.24. The number of rotatable bonds is 5. The summed E-state index contributed by atoms with van der Waals surface area (Å²) in [6, 6.07) is 23.5. The zero-order valence-corrected chi connectivity index (χ0v) is 20.7. The fourth-order valence-corrected chi connectivity index (χ4v) is 4.65. The number of amides is 2. The van der Waals surface area contributed by atoms with E-state index in [0.29, 0.717) is 22.4 Å². The largest absolute Gasteiger partial charge is 0.456 e. The Labute approximate surface area is 218 Å². The van der Waals surface area contributed by atoms with Crippen molar-refractivity contribution in [1.29, 1.82) is 0 Å². The van der Waals surface area contributed by atoms with Gasteiger partial charge in [0.25, 0.3) is 11.8 Å². The lowest BCUT2D eigenvalue weighted by molar-refractivity contribution is 0.0474. The molecule has 2 amide bonds. The summed E-state index contributed by atoms with van der Waals surface area (Å²) in [4.78, 5) is 52.4. The molecule has 1 aliphatic heterocycles. The number of hydrogen-bond acceptors (Lipinski definition) is 6. The highest BCUT2D eigenvalue weighted by atomic mass is 79.9. The van der Waals surface area contributed by atoms with Crippen molar-refractivity contribution in [3.05, 3.63) is 112 Å². The highest BCUT2D eigenvalue weighted by Gasteiger charge is 2.37. The zero-order valence-electron chi connectivity index (χ0n) is 19.1. The SMILES string of the molecule is O=C(COC(=O)c1ccc2c(c1)C(=O)N(c1ccc3oc4ccccc4c3c1)C2=O)c1ccc(Br)cc1. The summed E-state index contributed by atoms with van der Waals surface area (Å²) in [5.74, 6) is -2.16. The van der Waals surface area contributed by atoms with E-state index in [9.17, 15) is 19.2 Å². The number of para-hydroxylation sites is 1. The molecule has 0 bridgehead atoms. The van der Waals surface area contributed by atoms with Crippen molar-refractivity contribution in [1.82, 2.24) is 0 Å². The van der Waals surface area contributed by atoms with E-state index in [1.165, 1.54) is 18.2 Å². The maximum atomic E-state index is 13.3. The Morgan fingerprint density at radius 3 is 2.27 bits per heavy atom. The molecule has 0 spiro atoms. The van der Waals surface area contributed by atoms with E-state index in [0.717, 1.165) is 20.1 Å². The fraction of sp³-hybridized carbons (Fsp3) is 0.0345. The van der Waals surface area contributed by atoms with Gasteiger partial charge < -0.3 is 9.15 Å². The number of imide groups is 1. The van der Waals surface area contributed by atoms with Gasteiger partial charge in [0.05, 0.1) is 22.4 Å². The maximum Gasteiger partial charge on any atom is 0.338 e. The fourth-order valence-electron chi connectivity index (χ4n) is 4.39. The summed E-state index contributed by atoms with van der Waals surface area (Å²) in [6.07, 6.45) is 0. The Hall–Kier alpha value is -4.56. The van der Waals surface area contributed by atoms with E-state index in [1.54, 1.807) is 42.5 Å². The number of furan rings is 1. The number of hydrogen-bond donors (Lipinski definition) is 0. The Kier molecular flexibility index (Phi) is 5.46. The van der Waals surface area contributed by atoms with Gasteiger partial charge in [0.15, 0.2) is 12.4 Å². The number of ketones is 1. The number of carbonyl (C=O) groups excluding carboxylic acids is 4. The smallest absolute Gasteiger partial charge is 0.338 e. The van der Waals surface area contributed by atoms with Crippen molar-refractivity contribution in [3.8, 4) is 0 Å². The average molecular weight is 554 g/mol. The summed E-state index contributed by atoms with van der Waals surface area (Å²) in [6.45, 7) is -0.449. The van der Waals surface area contributed by atoms with Crippen LogP contribution in [0.2, 0.25) is 0 Å². The van der Waals surface area contributed by atoms with E-state index < -0.39 is 24.4 Å². The first kappa shape index (κ1) is 22.9. The predicted octanol–water partition coefficient (Wildman–Crippen LogP) is 6.19. The molecule has 37 heavy (non-hydrogen) atoms. The molecule has 0 unspecified atom stereocenters. The van der Waals surface area contributed by atoms with Crippen LogP contribution in [-0.4, -0.2) is 30.2 Å². The molecular formula is C29H16BrNO6.